The van der Waals surface area contributed by atoms with Crippen LogP contribution in [0.1, 0.15) is 19.1 Å². The van der Waals surface area contributed by atoms with Crippen LogP contribution in [-0.4, -0.2) is 32.4 Å². The Morgan fingerprint density at radius 2 is 2.25 bits per heavy atom. The molecule has 1 saturated heterocycles. The molecule has 6 nitrogen and oxygen atoms in total. The fourth-order valence-corrected chi connectivity index (χ4v) is 4.43. The van der Waals surface area contributed by atoms with Gasteiger partial charge in [-0.15, -0.1) is 11.3 Å². The van der Waals surface area contributed by atoms with Crippen LogP contribution in [0.2, 0.25) is 0 Å². The predicted molar refractivity (Wildman–Crippen MR) is 90.8 cm³/mol. The number of aromatic nitrogens is 3. The summed E-state index contributed by atoms with van der Waals surface area (Å²) in [5.74, 6) is 0. The molecule has 2 unspecified atom stereocenters. The summed E-state index contributed by atoms with van der Waals surface area (Å²) in [4.78, 5) is 10.2. The molecule has 1 aliphatic heterocycles. The van der Waals surface area contributed by atoms with Gasteiger partial charge in [-0.1, -0.05) is 0 Å². The van der Waals surface area contributed by atoms with Gasteiger partial charge < -0.3 is 14.3 Å². The van der Waals surface area contributed by atoms with Crippen LogP contribution in [0.25, 0.3) is 32.5 Å². The standard InChI is InChI=1S/C17H15N3O3S/c21-7-11-1-2-13(23-11)20-16-14(12-4-6-24-17(12)20)15(18-9-19-16)10-3-5-22-8-10/h3-6,8-9,11,13,21H,1-2,7H2. The number of nitrogens with zero attached hydrogens (tertiary/aromatic N) is 3. The van der Waals surface area contributed by atoms with Gasteiger partial charge in [-0.05, 0) is 30.4 Å². The Hall–Kier alpha value is -2.22. The largest absolute Gasteiger partial charge is 0.472 e. The quantitative estimate of drug-likeness (QED) is 0.616. The average molecular weight is 341 g/mol. The van der Waals surface area contributed by atoms with Crippen molar-refractivity contribution in [2.45, 2.75) is 25.2 Å². The van der Waals surface area contributed by atoms with Crippen LogP contribution in [0.15, 0.2) is 40.8 Å². The SMILES string of the molecule is OCC1CCC(n2c3ncnc(-c4ccoc4)c3c3ccsc32)O1. The number of aliphatic hydroxyl groups is 1. The second kappa shape index (κ2) is 5.41. The Labute approximate surface area is 141 Å². The van der Waals surface area contributed by atoms with Crippen LogP contribution in [0.3, 0.4) is 0 Å². The Morgan fingerprint density at radius 1 is 1.29 bits per heavy atom. The Kier molecular flexibility index (Phi) is 3.19. The number of thiophene rings is 1. The van der Waals surface area contributed by atoms with E-state index in [1.165, 1.54) is 0 Å². The maximum absolute atomic E-state index is 9.37. The van der Waals surface area contributed by atoms with Gasteiger partial charge in [0.05, 0.1) is 36.3 Å². The molecule has 0 bridgehead atoms. The minimum Gasteiger partial charge on any atom is -0.472 e. The summed E-state index contributed by atoms with van der Waals surface area (Å²) in [7, 11) is 0. The second-order valence-electron chi connectivity index (χ2n) is 5.92. The maximum atomic E-state index is 9.37. The first kappa shape index (κ1) is 14.2. The third-order valence-electron chi connectivity index (χ3n) is 4.56. The number of furan rings is 1. The van der Waals surface area contributed by atoms with Crippen LogP contribution in [0.5, 0.6) is 0 Å². The van der Waals surface area contributed by atoms with E-state index < -0.39 is 0 Å². The Balaban J connectivity index is 1.78. The zero-order valence-electron chi connectivity index (χ0n) is 12.8. The van der Waals surface area contributed by atoms with Crippen LogP contribution in [0, 0.1) is 0 Å². The molecular weight excluding hydrogens is 326 g/mol. The van der Waals surface area contributed by atoms with E-state index in [9.17, 15) is 5.11 Å². The number of fused-ring (bicyclic) bond motifs is 3. The van der Waals surface area contributed by atoms with Gasteiger partial charge in [0.1, 0.15) is 23.0 Å². The summed E-state index contributed by atoms with van der Waals surface area (Å²) >= 11 is 1.67. The highest BCUT2D eigenvalue weighted by Gasteiger charge is 2.30. The van der Waals surface area contributed by atoms with E-state index in [4.69, 9.17) is 9.15 Å². The highest BCUT2D eigenvalue weighted by Crippen LogP contribution is 2.41. The molecule has 4 aromatic heterocycles. The van der Waals surface area contributed by atoms with Gasteiger partial charge in [0.15, 0.2) is 0 Å². The van der Waals surface area contributed by atoms with Crippen molar-refractivity contribution in [1.29, 1.82) is 0 Å². The minimum atomic E-state index is -0.104. The normalized spacial score (nSPS) is 21.2. The molecule has 0 radical (unpaired) electrons. The van der Waals surface area contributed by atoms with Crippen LogP contribution >= 0.6 is 11.3 Å². The molecule has 1 aliphatic rings. The number of aliphatic hydroxyl groups excluding tert-OH is 1. The molecule has 5 heterocycles. The van der Waals surface area contributed by atoms with Gasteiger partial charge in [0.2, 0.25) is 0 Å². The van der Waals surface area contributed by atoms with Crippen molar-refractivity contribution in [2.75, 3.05) is 6.61 Å². The summed E-state index contributed by atoms with van der Waals surface area (Å²) in [6.07, 6.45) is 6.46. The van der Waals surface area contributed by atoms with E-state index in [1.807, 2.05) is 6.07 Å². The average Bonchev–Trinajstić information content (AvgIpc) is 3.37. The minimum absolute atomic E-state index is 0.0541. The van der Waals surface area contributed by atoms with Crippen LogP contribution < -0.4 is 0 Å². The zero-order chi connectivity index (χ0) is 16.1. The topological polar surface area (TPSA) is 73.3 Å². The van der Waals surface area contributed by atoms with Crippen molar-refractivity contribution in [2.24, 2.45) is 0 Å². The van der Waals surface area contributed by atoms with E-state index in [-0.39, 0.29) is 18.9 Å². The first-order valence-corrected chi connectivity index (χ1v) is 8.75. The van der Waals surface area contributed by atoms with Crippen molar-refractivity contribution < 1.29 is 14.3 Å². The molecular formula is C17H15N3O3S. The van der Waals surface area contributed by atoms with E-state index in [0.717, 1.165) is 45.3 Å². The smallest absolute Gasteiger partial charge is 0.147 e. The fraction of sp³-hybridized carbons (Fsp3) is 0.294. The molecule has 2 atom stereocenters. The van der Waals surface area contributed by atoms with Gasteiger partial charge >= 0.3 is 0 Å². The molecule has 0 aliphatic carbocycles. The summed E-state index contributed by atoms with van der Waals surface area (Å²) in [5.41, 5.74) is 2.67. The number of hydrogen-bond acceptors (Lipinski definition) is 6. The van der Waals surface area contributed by atoms with E-state index >= 15 is 0 Å². The molecule has 0 saturated carbocycles. The lowest BCUT2D eigenvalue weighted by molar-refractivity contribution is -0.0183. The van der Waals surface area contributed by atoms with E-state index in [0.29, 0.717) is 0 Å². The second-order valence-corrected chi connectivity index (χ2v) is 6.81. The summed E-state index contributed by atoms with van der Waals surface area (Å²) in [6, 6.07) is 4.01. The Bertz CT molecular complexity index is 1010. The summed E-state index contributed by atoms with van der Waals surface area (Å²) < 4.78 is 13.4. The molecule has 1 N–H and O–H groups in total. The summed E-state index contributed by atoms with van der Waals surface area (Å²) in [6.45, 7) is 0.0541. The van der Waals surface area contributed by atoms with Crippen molar-refractivity contribution in [3.8, 4) is 11.3 Å². The van der Waals surface area contributed by atoms with Crippen molar-refractivity contribution in [3.05, 3.63) is 36.4 Å². The molecule has 122 valence electrons. The third kappa shape index (κ3) is 1.95. The number of ether oxygens (including phenoxy) is 1. The van der Waals surface area contributed by atoms with Crippen molar-refractivity contribution in [3.63, 3.8) is 0 Å². The highest BCUT2D eigenvalue weighted by molar-refractivity contribution is 7.17. The first-order chi connectivity index (χ1) is 11.9. The maximum Gasteiger partial charge on any atom is 0.147 e. The molecule has 0 aromatic carbocycles. The molecule has 24 heavy (non-hydrogen) atoms. The number of rotatable bonds is 3. The molecule has 4 aromatic rings. The van der Waals surface area contributed by atoms with Gasteiger partial charge in [0, 0.05) is 10.9 Å². The highest BCUT2D eigenvalue weighted by atomic mass is 32.1. The van der Waals surface area contributed by atoms with Gasteiger partial charge in [-0.25, -0.2) is 9.97 Å². The monoisotopic (exact) mass is 341 g/mol. The predicted octanol–water partition coefficient (Wildman–Crippen LogP) is 3.58. The fourth-order valence-electron chi connectivity index (χ4n) is 3.48. The molecule has 0 amide bonds. The molecule has 1 fully saturated rings. The number of hydrogen-bond donors (Lipinski definition) is 1. The summed E-state index contributed by atoms with van der Waals surface area (Å²) in [5, 5.41) is 13.6. The van der Waals surface area contributed by atoms with Gasteiger partial charge in [0.25, 0.3) is 0 Å². The van der Waals surface area contributed by atoms with Gasteiger partial charge in [-0.3, -0.25) is 4.57 Å². The first-order valence-electron chi connectivity index (χ1n) is 7.88. The third-order valence-corrected chi connectivity index (χ3v) is 5.47. The van der Waals surface area contributed by atoms with Crippen LogP contribution in [-0.2, 0) is 4.74 Å². The van der Waals surface area contributed by atoms with Crippen molar-refractivity contribution in [1.82, 2.24) is 14.5 Å². The van der Waals surface area contributed by atoms with E-state index in [2.05, 4.69) is 26.0 Å². The lowest BCUT2D eigenvalue weighted by Crippen LogP contribution is -2.14. The van der Waals surface area contributed by atoms with Crippen molar-refractivity contribution >= 4 is 32.6 Å². The molecule has 7 heteroatoms. The lowest BCUT2D eigenvalue weighted by Gasteiger charge is -2.15. The Morgan fingerprint density at radius 3 is 3.04 bits per heavy atom. The van der Waals surface area contributed by atoms with Crippen LogP contribution in [0.4, 0.5) is 0 Å². The molecule has 5 rings (SSSR count). The van der Waals surface area contributed by atoms with E-state index in [1.54, 1.807) is 30.2 Å². The van der Waals surface area contributed by atoms with Gasteiger partial charge in [-0.2, -0.15) is 0 Å². The molecule has 0 spiro atoms. The lowest BCUT2D eigenvalue weighted by atomic mass is 10.1. The zero-order valence-corrected chi connectivity index (χ0v) is 13.6.